The van der Waals surface area contributed by atoms with Gasteiger partial charge in [0.05, 0.1) is 0 Å². The predicted molar refractivity (Wildman–Crippen MR) is 79.5 cm³/mol. The molecule has 0 aromatic carbocycles. The molecular formula is C16H26N2O. The molecule has 1 heterocycles. The predicted octanol–water partition coefficient (Wildman–Crippen LogP) is 2.72. The highest BCUT2D eigenvalue weighted by atomic mass is 16.1. The molecule has 1 unspecified atom stereocenters. The summed E-state index contributed by atoms with van der Waals surface area (Å²) in [4.78, 5) is 12.1. The Morgan fingerprint density at radius 2 is 2.16 bits per heavy atom. The standard InChI is InChI=1S/C16H26N2O/c1-3-10-17-15(14-8-4-5-9-14)12-18-11-6-7-13(2)16(18)19/h6-7,11,14-15,17H,3-5,8-10,12H2,1-2H3. The fourth-order valence-electron chi connectivity index (χ4n) is 3.08. The molecule has 1 aliphatic rings. The van der Waals surface area contributed by atoms with Gasteiger partial charge >= 0.3 is 0 Å². The number of aromatic nitrogens is 1. The molecule has 3 heteroatoms. The van der Waals surface area contributed by atoms with E-state index in [2.05, 4.69) is 12.2 Å². The van der Waals surface area contributed by atoms with Gasteiger partial charge in [0.15, 0.2) is 0 Å². The van der Waals surface area contributed by atoms with Crippen LogP contribution in [0.4, 0.5) is 0 Å². The van der Waals surface area contributed by atoms with Crippen LogP contribution in [0.15, 0.2) is 23.1 Å². The molecule has 0 amide bonds. The molecule has 0 saturated heterocycles. The molecule has 1 saturated carbocycles. The van der Waals surface area contributed by atoms with Crippen LogP contribution in [-0.4, -0.2) is 17.2 Å². The maximum atomic E-state index is 12.1. The zero-order chi connectivity index (χ0) is 13.7. The summed E-state index contributed by atoms with van der Waals surface area (Å²) >= 11 is 0. The van der Waals surface area contributed by atoms with Crippen LogP contribution >= 0.6 is 0 Å². The zero-order valence-electron chi connectivity index (χ0n) is 12.2. The van der Waals surface area contributed by atoms with E-state index in [0.717, 1.165) is 31.0 Å². The summed E-state index contributed by atoms with van der Waals surface area (Å²) in [6.07, 6.45) is 8.37. The van der Waals surface area contributed by atoms with Crippen LogP contribution in [0.2, 0.25) is 0 Å². The van der Waals surface area contributed by atoms with Gasteiger partial charge in [0.25, 0.3) is 5.56 Å². The lowest BCUT2D eigenvalue weighted by molar-refractivity contribution is 0.319. The maximum absolute atomic E-state index is 12.1. The number of pyridine rings is 1. The van der Waals surface area contributed by atoms with E-state index < -0.39 is 0 Å². The lowest BCUT2D eigenvalue weighted by Gasteiger charge is -2.25. The van der Waals surface area contributed by atoms with Crippen LogP contribution in [0.3, 0.4) is 0 Å². The van der Waals surface area contributed by atoms with E-state index >= 15 is 0 Å². The summed E-state index contributed by atoms with van der Waals surface area (Å²) < 4.78 is 1.88. The molecule has 0 aliphatic heterocycles. The molecule has 1 aromatic rings. The van der Waals surface area contributed by atoms with Gasteiger partial charge in [-0.05, 0) is 44.7 Å². The molecule has 0 bridgehead atoms. The van der Waals surface area contributed by atoms with Crippen molar-refractivity contribution in [1.82, 2.24) is 9.88 Å². The van der Waals surface area contributed by atoms with Gasteiger partial charge in [-0.15, -0.1) is 0 Å². The Bertz CT molecular complexity index is 446. The highest BCUT2D eigenvalue weighted by Crippen LogP contribution is 2.28. The first-order chi connectivity index (χ1) is 9.22. The van der Waals surface area contributed by atoms with Crippen LogP contribution < -0.4 is 10.9 Å². The molecule has 1 atom stereocenters. The van der Waals surface area contributed by atoms with E-state index in [1.807, 2.05) is 29.8 Å². The van der Waals surface area contributed by atoms with Crippen molar-refractivity contribution < 1.29 is 0 Å². The van der Waals surface area contributed by atoms with Crippen molar-refractivity contribution in [3.05, 3.63) is 34.2 Å². The SMILES string of the molecule is CCCNC(Cn1cccc(C)c1=O)C1CCCC1. The van der Waals surface area contributed by atoms with E-state index in [-0.39, 0.29) is 5.56 Å². The average Bonchev–Trinajstić information content (AvgIpc) is 2.93. The Balaban J connectivity index is 2.10. The maximum Gasteiger partial charge on any atom is 0.253 e. The zero-order valence-corrected chi connectivity index (χ0v) is 12.2. The Morgan fingerprint density at radius 3 is 2.84 bits per heavy atom. The van der Waals surface area contributed by atoms with Crippen LogP contribution in [0.25, 0.3) is 0 Å². The number of hydrogen-bond acceptors (Lipinski definition) is 2. The Hall–Kier alpha value is -1.09. The van der Waals surface area contributed by atoms with Gasteiger partial charge in [0.1, 0.15) is 0 Å². The van der Waals surface area contributed by atoms with Crippen LogP contribution in [-0.2, 0) is 6.54 Å². The number of hydrogen-bond donors (Lipinski definition) is 1. The normalized spacial score (nSPS) is 17.8. The molecule has 0 spiro atoms. The number of nitrogens with one attached hydrogen (secondary N) is 1. The van der Waals surface area contributed by atoms with E-state index in [4.69, 9.17) is 0 Å². The van der Waals surface area contributed by atoms with Gasteiger partial charge in [-0.3, -0.25) is 4.79 Å². The smallest absolute Gasteiger partial charge is 0.253 e. The number of rotatable bonds is 6. The summed E-state index contributed by atoms with van der Waals surface area (Å²) in [6.45, 7) is 5.94. The summed E-state index contributed by atoms with van der Waals surface area (Å²) in [7, 11) is 0. The van der Waals surface area contributed by atoms with E-state index in [9.17, 15) is 4.79 Å². The van der Waals surface area contributed by atoms with Gasteiger partial charge in [-0.1, -0.05) is 25.8 Å². The average molecular weight is 262 g/mol. The fourth-order valence-corrected chi connectivity index (χ4v) is 3.08. The molecule has 1 fully saturated rings. The Morgan fingerprint density at radius 1 is 1.42 bits per heavy atom. The Kier molecular flexibility index (Phi) is 5.20. The molecule has 106 valence electrons. The monoisotopic (exact) mass is 262 g/mol. The minimum Gasteiger partial charge on any atom is -0.314 e. The van der Waals surface area contributed by atoms with Crippen molar-refractivity contribution in [2.75, 3.05) is 6.54 Å². The van der Waals surface area contributed by atoms with Crippen molar-refractivity contribution in [2.45, 2.75) is 58.5 Å². The summed E-state index contributed by atoms with van der Waals surface area (Å²) in [5.74, 6) is 0.735. The van der Waals surface area contributed by atoms with Gasteiger partial charge < -0.3 is 9.88 Å². The van der Waals surface area contributed by atoms with E-state index in [1.54, 1.807) is 0 Å². The second-order valence-electron chi connectivity index (χ2n) is 5.75. The van der Waals surface area contributed by atoms with Crippen molar-refractivity contribution in [3.8, 4) is 0 Å². The van der Waals surface area contributed by atoms with E-state index in [0.29, 0.717) is 6.04 Å². The Labute approximate surface area is 116 Å². The minimum atomic E-state index is 0.156. The molecule has 19 heavy (non-hydrogen) atoms. The third-order valence-electron chi connectivity index (χ3n) is 4.23. The molecule has 1 N–H and O–H groups in total. The van der Waals surface area contributed by atoms with Gasteiger partial charge in [-0.25, -0.2) is 0 Å². The van der Waals surface area contributed by atoms with Crippen LogP contribution in [0.5, 0.6) is 0 Å². The quantitative estimate of drug-likeness (QED) is 0.855. The van der Waals surface area contributed by atoms with Gasteiger partial charge in [0.2, 0.25) is 0 Å². The molecule has 0 radical (unpaired) electrons. The van der Waals surface area contributed by atoms with Crippen molar-refractivity contribution in [1.29, 1.82) is 0 Å². The van der Waals surface area contributed by atoms with Crippen molar-refractivity contribution in [2.24, 2.45) is 5.92 Å². The number of aryl methyl sites for hydroxylation is 1. The second-order valence-corrected chi connectivity index (χ2v) is 5.75. The molecule has 3 nitrogen and oxygen atoms in total. The largest absolute Gasteiger partial charge is 0.314 e. The molecule has 1 aromatic heterocycles. The first kappa shape index (κ1) is 14.3. The first-order valence-electron chi connectivity index (χ1n) is 7.61. The minimum absolute atomic E-state index is 0.156. The lowest BCUT2D eigenvalue weighted by atomic mass is 9.97. The molecule has 1 aliphatic carbocycles. The van der Waals surface area contributed by atoms with Crippen LogP contribution in [0, 0.1) is 12.8 Å². The van der Waals surface area contributed by atoms with Gasteiger partial charge in [0, 0.05) is 24.3 Å². The lowest BCUT2D eigenvalue weighted by Crippen LogP contribution is -2.41. The first-order valence-corrected chi connectivity index (χ1v) is 7.61. The topological polar surface area (TPSA) is 34.0 Å². The molecule has 2 rings (SSSR count). The summed E-state index contributed by atoms with van der Waals surface area (Å²) in [5.41, 5.74) is 0.993. The summed E-state index contributed by atoms with van der Waals surface area (Å²) in [5, 5.41) is 3.65. The fraction of sp³-hybridized carbons (Fsp3) is 0.688. The second kappa shape index (κ2) is 6.90. The third-order valence-corrected chi connectivity index (χ3v) is 4.23. The van der Waals surface area contributed by atoms with Crippen molar-refractivity contribution >= 4 is 0 Å². The highest BCUT2D eigenvalue weighted by molar-refractivity contribution is 5.07. The van der Waals surface area contributed by atoms with Crippen molar-refractivity contribution in [3.63, 3.8) is 0 Å². The van der Waals surface area contributed by atoms with Gasteiger partial charge in [-0.2, -0.15) is 0 Å². The summed E-state index contributed by atoms with van der Waals surface area (Å²) in [6, 6.07) is 4.31. The van der Waals surface area contributed by atoms with Crippen LogP contribution in [0.1, 0.15) is 44.6 Å². The molecular weight excluding hydrogens is 236 g/mol. The van der Waals surface area contributed by atoms with E-state index in [1.165, 1.54) is 25.7 Å². The number of nitrogens with zero attached hydrogens (tertiary/aromatic N) is 1. The highest BCUT2D eigenvalue weighted by Gasteiger charge is 2.24. The third kappa shape index (κ3) is 3.69.